The summed E-state index contributed by atoms with van der Waals surface area (Å²) in [6.07, 6.45) is -1.01. The van der Waals surface area contributed by atoms with Crippen LogP contribution >= 0.6 is 0 Å². The van der Waals surface area contributed by atoms with Gasteiger partial charge in [0.2, 0.25) is 0 Å². The lowest BCUT2D eigenvalue weighted by atomic mass is 9.97. The molecule has 0 aliphatic heterocycles. The van der Waals surface area contributed by atoms with Crippen LogP contribution in [0.3, 0.4) is 0 Å². The highest BCUT2D eigenvalue weighted by atomic mass is 28.3. The van der Waals surface area contributed by atoms with Gasteiger partial charge in [-0.2, -0.15) is 0 Å². The van der Waals surface area contributed by atoms with Crippen LogP contribution in [0.15, 0.2) is 42.5 Å². The van der Waals surface area contributed by atoms with Gasteiger partial charge in [-0.25, -0.2) is 4.79 Å². The average Bonchev–Trinajstić information content (AvgIpc) is 2.58. The Kier molecular flexibility index (Phi) is 6.61. The molecule has 2 N–H and O–H groups in total. The monoisotopic (exact) mass is 371 g/mol. The third-order valence-corrected chi connectivity index (χ3v) is 7.81. The van der Waals surface area contributed by atoms with Crippen molar-refractivity contribution in [1.82, 2.24) is 5.32 Å². The van der Waals surface area contributed by atoms with E-state index in [4.69, 9.17) is 9.53 Å². The summed E-state index contributed by atoms with van der Waals surface area (Å²) in [5.74, 6) is 0. The van der Waals surface area contributed by atoms with E-state index in [0.717, 1.165) is 16.7 Å². The molecule has 1 amide bonds. The highest BCUT2D eigenvalue weighted by molar-refractivity contribution is 6.53. The Balaban J connectivity index is 2.18. The Morgan fingerprint density at radius 1 is 1.15 bits per heavy atom. The van der Waals surface area contributed by atoms with E-state index in [1.165, 1.54) is 11.1 Å². The molecule has 26 heavy (non-hydrogen) atoms. The summed E-state index contributed by atoms with van der Waals surface area (Å²) >= 11 is 0. The van der Waals surface area contributed by atoms with E-state index in [-0.39, 0.29) is 5.04 Å². The maximum atomic E-state index is 10.7. The lowest BCUT2D eigenvalue weighted by molar-refractivity contribution is 0.194. The second-order valence-electron chi connectivity index (χ2n) is 7.83. The molecule has 0 aliphatic carbocycles. The van der Waals surface area contributed by atoms with Gasteiger partial charge in [0.15, 0.2) is 9.04 Å². The van der Waals surface area contributed by atoms with Gasteiger partial charge in [0.05, 0.1) is 6.61 Å². The van der Waals surface area contributed by atoms with Crippen LogP contribution in [0.5, 0.6) is 0 Å². The molecule has 0 saturated heterocycles. The lowest BCUT2D eigenvalue weighted by Gasteiger charge is -2.25. The summed E-state index contributed by atoms with van der Waals surface area (Å²) in [5.41, 5.74) is 5.53. The summed E-state index contributed by atoms with van der Waals surface area (Å²) in [7, 11) is -1.25. The molecule has 0 radical (unpaired) electrons. The van der Waals surface area contributed by atoms with Crippen LogP contribution in [0.4, 0.5) is 4.79 Å². The summed E-state index contributed by atoms with van der Waals surface area (Å²) in [5, 5.41) is 11.5. The van der Waals surface area contributed by atoms with Crippen molar-refractivity contribution in [2.45, 2.75) is 52.4 Å². The number of amides is 1. The molecule has 0 spiro atoms. The van der Waals surface area contributed by atoms with Gasteiger partial charge >= 0.3 is 6.09 Å². The van der Waals surface area contributed by atoms with Gasteiger partial charge < -0.3 is 14.8 Å². The third-order valence-electron chi connectivity index (χ3n) is 4.70. The van der Waals surface area contributed by atoms with E-state index >= 15 is 0 Å². The fourth-order valence-electron chi connectivity index (χ4n) is 2.57. The van der Waals surface area contributed by atoms with Gasteiger partial charge in [0.25, 0.3) is 0 Å². The van der Waals surface area contributed by atoms with Crippen LogP contribution in [-0.2, 0) is 17.6 Å². The van der Waals surface area contributed by atoms with E-state index in [1.807, 2.05) is 12.1 Å². The molecule has 1 atom stereocenters. The molecule has 140 valence electrons. The summed E-state index contributed by atoms with van der Waals surface area (Å²) in [6.45, 7) is 12.0. The number of benzene rings is 2. The number of aryl methyl sites for hydroxylation is 1. The Hall–Kier alpha value is -2.11. The predicted octanol–water partition coefficient (Wildman–Crippen LogP) is 5.10. The van der Waals surface area contributed by atoms with Gasteiger partial charge in [-0.15, -0.1) is 0 Å². The summed E-state index contributed by atoms with van der Waals surface area (Å²) in [4.78, 5) is 10.7. The minimum atomic E-state index is -1.25. The zero-order chi connectivity index (χ0) is 19.3. The molecule has 0 aliphatic rings. The van der Waals surface area contributed by atoms with Gasteiger partial charge in [-0.05, 0) is 58.5 Å². The molecule has 0 fully saturated rings. The standard InChI is InChI=1S/C21H29NO3Si/c1-15-9-10-16(13-22-20(23)24)12-19(15)18-8-6-7-17(11-18)14-25-26(5)21(2,3)4/h6-12,22,26H,13-14H2,1-5H3,(H,23,24). The predicted molar refractivity (Wildman–Crippen MR) is 109 cm³/mol. The smallest absolute Gasteiger partial charge is 0.404 e. The Morgan fingerprint density at radius 3 is 2.54 bits per heavy atom. The van der Waals surface area contributed by atoms with E-state index in [0.29, 0.717) is 13.2 Å². The van der Waals surface area contributed by atoms with Gasteiger partial charge in [0.1, 0.15) is 0 Å². The molecule has 0 bridgehead atoms. The first-order valence-corrected chi connectivity index (χ1v) is 11.1. The molecule has 0 heterocycles. The van der Waals surface area contributed by atoms with E-state index in [2.05, 4.69) is 69.9 Å². The minimum absolute atomic E-state index is 0.250. The van der Waals surface area contributed by atoms with Crippen molar-refractivity contribution < 1.29 is 14.3 Å². The number of rotatable bonds is 6. The molecule has 5 heteroatoms. The molecular formula is C21H29NO3Si. The van der Waals surface area contributed by atoms with Gasteiger partial charge in [0, 0.05) is 6.54 Å². The third kappa shape index (κ3) is 5.71. The number of carboxylic acid groups (broad SMARTS) is 1. The van der Waals surface area contributed by atoms with Gasteiger partial charge in [-0.1, -0.05) is 51.1 Å². The number of nitrogens with one attached hydrogen (secondary N) is 1. The maximum absolute atomic E-state index is 10.7. The highest BCUT2D eigenvalue weighted by Gasteiger charge is 2.22. The first-order valence-electron chi connectivity index (χ1n) is 8.94. The Labute approximate surface area is 157 Å². The largest absolute Gasteiger partial charge is 0.465 e. The quantitative estimate of drug-likeness (QED) is 0.695. The molecule has 2 aromatic carbocycles. The van der Waals surface area contributed by atoms with Crippen LogP contribution in [-0.4, -0.2) is 20.2 Å². The maximum Gasteiger partial charge on any atom is 0.404 e. The van der Waals surface area contributed by atoms with E-state index < -0.39 is 15.1 Å². The average molecular weight is 372 g/mol. The van der Waals surface area contributed by atoms with Crippen molar-refractivity contribution >= 4 is 15.1 Å². The number of hydrogen-bond acceptors (Lipinski definition) is 2. The van der Waals surface area contributed by atoms with Crippen molar-refractivity contribution in [3.8, 4) is 11.1 Å². The Bertz CT molecular complexity index is 768. The minimum Gasteiger partial charge on any atom is -0.465 e. The first kappa shape index (κ1) is 20.2. The zero-order valence-electron chi connectivity index (χ0n) is 16.3. The van der Waals surface area contributed by atoms with Crippen molar-refractivity contribution in [1.29, 1.82) is 0 Å². The van der Waals surface area contributed by atoms with E-state index in [1.54, 1.807) is 0 Å². The molecular weight excluding hydrogens is 342 g/mol. The normalized spacial score (nSPS) is 12.7. The van der Waals surface area contributed by atoms with Crippen molar-refractivity contribution in [3.05, 3.63) is 59.2 Å². The summed E-state index contributed by atoms with van der Waals surface area (Å²) in [6, 6.07) is 14.4. The van der Waals surface area contributed by atoms with Crippen molar-refractivity contribution in [2.24, 2.45) is 0 Å². The molecule has 2 aromatic rings. The van der Waals surface area contributed by atoms with Crippen molar-refractivity contribution in [3.63, 3.8) is 0 Å². The molecule has 4 nitrogen and oxygen atoms in total. The lowest BCUT2D eigenvalue weighted by Crippen LogP contribution is -2.25. The van der Waals surface area contributed by atoms with Crippen LogP contribution in [0.2, 0.25) is 11.6 Å². The van der Waals surface area contributed by atoms with Crippen LogP contribution < -0.4 is 5.32 Å². The fourth-order valence-corrected chi connectivity index (χ4v) is 3.51. The second-order valence-corrected chi connectivity index (χ2v) is 11.2. The van der Waals surface area contributed by atoms with Crippen LogP contribution in [0.1, 0.15) is 37.5 Å². The fraction of sp³-hybridized carbons (Fsp3) is 0.381. The van der Waals surface area contributed by atoms with Crippen LogP contribution in [0.25, 0.3) is 11.1 Å². The summed E-state index contributed by atoms with van der Waals surface area (Å²) < 4.78 is 6.17. The van der Waals surface area contributed by atoms with Gasteiger partial charge in [-0.3, -0.25) is 0 Å². The number of carbonyl (C=O) groups is 1. The topological polar surface area (TPSA) is 58.6 Å². The Morgan fingerprint density at radius 2 is 1.88 bits per heavy atom. The molecule has 2 rings (SSSR count). The zero-order valence-corrected chi connectivity index (χ0v) is 17.5. The molecule has 1 unspecified atom stereocenters. The molecule has 0 saturated carbocycles. The SMILES string of the molecule is Cc1ccc(CNC(=O)O)cc1-c1cccc(CO[SiH](C)C(C)(C)C)c1. The second kappa shape index (κ2) is 8.51. The van der Waals surface area contributed by atoms with Crippen LogP contribution in [0, 0.1) is 6.92 Å². The van der Waals surface area contributed by atoms with Crippen molar-refractivity contribution in [2.75, 3.05) is 0 Å². The number of hydrogen-bond donors (Lipinski definition) is 2. The first-order chi connectivity index (χ1) is 12.2. The van der Waals surface area contributed by atoms with E-state index in [9.17, 15) is 4.79 Å². The molecule has 0 aromatic heterocycles. The highest BCUT2D eigenvalue weighted by Crippen LogP contribution is 2.29.